The van der Waals surface area contributed by atoms with E-state index in [0.717, 1.165) is 44.0 Å². The van der Waals surface area contributed by atoms with Crippen LogP contribution >= 0.6 is 11.6 Å². The van der Waals surface area contributed by atoms with Gasteiger partial charge in [0.2, 0.25) is 0 Å². The van der Waals surface area contributed by atoms with Crippen LogP contribution in [0.5, 0.6) is 0 Å². The van der Waals surface area contributed by atoms with E-state index in [2.05, 4.69) is 26.0 Å². The molecule has 0 heterocycles. The predicted molar refractivity (Wildman–Crippen MR) is 102 cm³/mol. The Morgan fingerprint density at radius 2 is 2.08 bits per heavy atom. The number of fused-ring (bicyclic) bond motifs is 5. The van der Waals surface area contributed by atoms with Gasteiger partial charge in [0.25, 0.3) is 0 Å². The Kier molecular flexibility index (Phi) is 4.38. The minimum Gasteiger partial charge on any atom is -0.462 e. The molecule has 3 unspecified atom stereocenters. The number of hydrogen-bond acceptors (Lipinski definition) is 3. The van der Waals surface area contributed by atoms with Crippen molar-refractivity contribution in [3.63, 3.8) is 0 Å². The summed E-state index contributed by atoms with van der Waals surface area (Å²) < 4.78 is 5.50. The van der Waals surface area contributed by atoms with Crippen molar-refractivity contribution in [1.29, 1.82) is 0 Å². The number of rotatable bonds is 2. The Bertz CT molecular complexity index is 696. The molecule has 0 aliphatic heterocycles. The van der Waals surface area contributed by atoms with E-state index in [1.165, 1.54) is 18.9 Å². The molecule has 2 saturated carbocycles. The van der Waals surface area contributed by atoms with Gasteiger partial charge >= 0.3 is 5.97 Å². The van der Waals surface area contributed by atoms with E-state index in [4.69, 9.17) is 16.3 Å². The Hall–Kier alpha value is -1.09. The van der Waals surface area contributed by atoms with Crippen LogP contribution in [-0.2, 0) is 14.3 Å². The van der Waals surface area contributed by atoms with Crippen LogP contribution in [0.1, 0.15) is 59.3 Å². The Labute approximate surface area is 161 Å². The molecule has 4 aliphatic rings. The summed E-state index contributed by atoms with van der Waals surface area (Å²) in [4.78, 5) is 22.8. The van der Waals surface area contributed by atoms with Gasteiger partial charge in [-0.1, -0.05) is 31.6 Å². The molecule has 0 spiro atoms. The fraction of sp³-hybridized carbons (Fsp3) is 0.727. The molecule has 2 fully saturated rings. The SMILES string of the molecule is CC(=O)O[C@H]1CC[C@@]2(C)C(=CC[C@H]3C4C=C(C=O)C(Cl)[C@@]4(C)CCC32)C1. The van der Waals surface area contributed by atoms with Gasteiger partial charge in [0.1, 0.15) is 12.4 Å². The van der Waals surface area contributed by atoms with Gasteiger partial charge in [-0.3, -0.25) is 9.59 Å². The third kappa shape index (κ3) is 2.53. The summed E-state index contributed by atoms with van der Waals surface area (Å²) in [6.45, 7) is 6.19. The normalized spacial score (nSPS) is 47.0. The van der Waals surface area contributed by atoms with Crippen molar-refractivity contribution in [2.24, 2.45) is 28.6 Å². The lowest BCUT2D eigenvalue weighted by molar-refractivity contribution is -0.148. The van der Waals surface area contributed by atoms with Crippen molar-refractivity contribution in [3.8, 4) is 0 Å². The molecule has 4 aliphatic carbocycles. The van der Waals surface area contributed by atoms with Crippen molar-refractivity contribution in [2.75, 3.05) is 0 Å². The van der Waals surface area contributed by atoms with Crippen molar-refractivity contribution in [3.05, 3.63) is 23.3 Å². The Balaban J connectivity index is 1.63. The highest BCUT2D eigenvalue weighted by atomic mass is 35.5. The molecule has 0 aromatic heterocycles. The maximum Gasteiger partial charge on any atom is 0.302 e. The third-order valence-electron chi connectivity index (χ3n) is 8.07. The van der Waals surface area contributed by atoms with Gasteiger partial charge in [-0.05, 0) is 60.7 Å². The minimum atomic E-state index is -0.174. The molecule has 0 bridgehead atoms. The number of esters is 1. The molecule has 3 nitrogen and oxygen atoms in total. The van der Waals surface area contributed by atoms with E-state index in [1.54, 1.807) is 0 Å². The van der Waals surface area contributed by atoms with Gasteiger partial charge in [-0.15, -0.1) is 11.6 Å². The topological polar surface area (TPSA) is 43.4 Å². The van der Waals surface area contributed by atoms with Crippen LogP contribution in [0.2, 0.25) is 0 Å². The minimum absolute atomic E-state index is 0.00954. The molecule has 4 rings (SSSR count). The van der Waals surface area contributed by atoms with Crippen molar-refractivity contribution < 1.29 is 14.3 Å². The monoisotopic (exact) mass is 376 g/mol. The van der Waals surface area contributed by atoms with Crippen LogP contribution in [-0.4, -0.2) is 23.7 Å². The van der Waals surface area contributed by atoms with Crippen LogP contribution in [0.25, 0.3) is 0 Å². The van der Waals surface area contributed by atoms with Gasteiger partial charge in [0.15, 0.2) is 0 Å². The Morgan fingerprint density at radius 3 is 2.77 bits per heavy atom. The van der Waals surface area contributed by atoms with E-state index in [0.29, 0.717) is 17.8 Å². The molecular weight excluding hydrogens is 348 g/mol. The van der Waals surface area contributed by atoms with Gasteiger partial charge < -0.3 is 4.74 Å². The lowest BCUT2D eigenvalue weighted by Gasteiger charge is -2.57. The van der Waals surface area contributed by atoms with Crippen LogP contribution in [0.15, 0.2) is 23.3 Å². The van der Waals surface area contributed by atoms with E-state index >= 15 is 0 Å². The third-order valence-corrected chi connectivity index (χ3v) is 8.82. The van der Waals surface area contributed by atoms with Crippen LogP contribution in [0.3, 0.4) is 0 Å². The van der Waals surface area contributed by atoms with Gasteiger partial charge in [-0.2, -0.15) is 0 Å². The second-order valence-corrected chi connectivity index (χ2v) is 9.78. The number of halogens is 1. The van der Waals surface area contributed by atoms with E-state index in [9.17, 15) is 9.59 Å². The summed E-state index contributed by atoms with van der Waals surface area (Å²) in [6.07, 6.45) is 11.8. The first-order valence-corrected chi connectivity index (χ1v) is 10.4. The summed E-state index contributed by atoms with van der Waals surface area (Å²) in [5.74, 6) is 1.41. The number of alkyl halides is 1. The zero-order valence-electron chi connectivity index (χ0n) is 16.0. The average Bonchev–Trinajstić information content (AvgIpc) is 2.86. The molecule has 0 aromatic carbocycles. The fourth-order valence-electron chi connectivity index (χ4n) is 6.63. The molecule has 142 valence electrons. The molecule has 0 saturated heterocycles. The molecule has 7 atom stereocenters. The fourth-order valence-corrected chi connectivity index (χ4v) is 7.00. The number of hydrogen-bond donors (Lipinski definition) is 0. The maximum atomic E-state index is 11.5. The van der Waals surface area contributed by atoms with Crippen LogP contribution in [0.4, 0.5) is 0 Å². The first-order valence-electron chi connectivity index (χ1n) is 9.97. The molecule has 0 amide bonds. The van der Waals surface area contributed by atoms with E-state index < -0.39 is 0 Å². The second-order valence-electron chi connectivity index (χ2n) is 9.34. The number of allylic oxidation sites excluding steroid dienone is 3. The molecule has 0 radical (unpaired) electrons. The first-order chi connectivity index (χ1) is 12.3. The first kappa shape index (κ1) is 18.3. The predicted octanol–water partition coefficient (Wildman–Crippen LogP) is 4.83. The molecule has 4 heteroatoms. The van der Waals surface area contributed by atoms with Crippen LogP contribution in [0, 0.1) is 28.6 Å². The summed E-state index contributed by atoms with van der Waals surface area (Å²) in [5, 5.41) is -0.149. The van der Waals surface area contributed by atoms with Crippen LogP contribution < -0.4 is 0 Å². The average molecular weight is 377 g/mol. The molecule has 0 N–H and O–H groups in total. The smallest absolute Gasteiger partial charge is 0.302 e. The summed E-state index contributed by atoms with van der Waals surface area (Å²) in [7, 11) is 0. The zero-order valence-corrected chi connectivity index (χ0v) is 16.7. The zero-order chi connectivity index (χ0) is 18.7. The highest BCUT2D eigenvalue weighted by Crippen LogP contribution is 2.64. The largest absolute Gasteiger partial charge is 0.462 e. The van der Waals surface area contributed by atoms with Gasteiger partial charge in [-0.25, -0.2) is 0 Å². The molecular formula is C22H29ClO3. The van der Waals surface area contributed by atoms with Gasteiger partial charge in [0, 0.05) is 18.9 Å². The number of aldehydes is 1. The quantitative estimate of drug-likeness (QED) is 0.300. The summed E-state index contributed by atoms with van der Waals surface area (Å²) in [5.41, 5.74) is 2.48. The molecule has 0 aromatic rings. The summed E-state index contributed by atoms with van der Waals surface area (Å²) >= 11 is 6.70. The highest BCUT2D eigenvalue weighted by Gasteiger charge is 2.58. The number of carbonyl (C=O) groups excluding carboxylic acids is 2. The van der Waals surface area contributed by atoms with Crippen molar-refractivity contribution in [1.82, 2.24) is 0 Å². The van der Waals surface area contributed by atoms with Gasteiger partial charge in [0.05, 0.1) is 5.38 Å². The standard InChI is InChI=1S/C22H29ClO3/c1-13(25)26-16-6-8-21(2)15(11-16)4-5-17-18(21)7-9-22(3)19(17)10-14(12-24)20(22)23/h4,10,12,16-20H,5-9,11H2,1-3H3/t16-,17+,18?,19?,20?,21-,22-/m0/s1. The highest BCUT2D eigenvalue weighted by molar-refractivity contribution is 6.25. The number of ether oxygens (including phenoxy) is 1. The van der Waals surface area contributed by atoms with E-state index in [-0.39, 0.29) is 28.3 Å². The lowest BCUT2D eigenvalue weighted by Crippen LogP contribution is -2.51. The number of carbonyl (C=O) groups is 2. The van der Waals surface area contributed by atoms with E-state index in [1.807, 2.05) is 0 Å². The second kappa shape index (κ2) is 6.22. The van der Waals surface area contributed by atoms with Crippen molar-refractivity contribution >= 4 is 23.9 Å². The Morgan fingerprint density at radius 1 is 1.31 bits per heavy atom. The summed E-state index contributed by atoms with van der Waals surface area (Å²) in [6, 6.07) is 0. The molecule has 26 heavy (non-hydrogen) atoms. The van der Waals surface area contributed by atoms with Crippen molar-refractivity contribution in [2.45, 2.75) is 70.8 Å². The lowest BCUT2D eigenvalue weighted by atomic mass is 9.48. The maximum absolute atomic E-state index is 11.5.